The molecule has 33 heavy (non-hydrogen) atoms. The second-order valence-electron chi connectivity index (χ2n) is 7.87. The van der Waals surface area contributed by atoms with Crippen molar-refractivity contribution in [3.63, 3.8) is 0 Å². The minimum atomic E-state index is 0. The first-order valence-corrected chi connectivity index (χ1v) is 10.6. The van der Waals surface area contributed by atoms with Crippen molar-refractivity contribution >= 4 is 46.8 Å². The van der Waals surface area contributed by atoms with E-state index in [2.05, 4.69) is 12.2 Å². The summed E-state index contributed by atoms with van der Waals surface area (Å²) < 4.78 is 0. The molecule has 0 atom stereocenters. The van der Waals surface area contributed by atoms with Crippen molar-refractivity contribution < 1.29 is 0 Å². The van der Waals surface area contributed by atoms with Crippen LogP contribution < -0.4 is 22.9 Å². The van der Waals surface area contributed by atoms with E-state index >= 15 is 0 Å². The first-order valence-electron chi connectivity index (χ1n) is 10.6. The van der Waals surface area contributed by atoms with Gasteiger partial charge in [-0.25, -0.2) is 0 Å². The summed E-state index contributed by atoms with van der Waals surface area (Å²) in [6.45, 7) is 3.06. The molecule has 0 unspecified atom stereocenters. The van der Waals surface area contributed by atoms with Gasteiger partial charge in [0.25, 0.3) is 0 Å². The van der Waals surface area contributed by atoms with Crippen LogP contribution in [0.1, 0.15) is 24.0 Å². The normalized spacial score (nSPS) is 15.3. The maximum absolute atomic E-state index is 7.35. The number of nitrogens with two attached hydrogens (primary N) is 4. The maximum Gasteiger partial charge on any atom is 0.188 e. The van der Waals surface area contributed by atoms with Gasteiger partial charge in [0.1, 0.15) is 0 Å². The molecule has 2 heterocycles. The Labute approximate surface area is 201 Å². The van der Waals surface area contributed by atoms with Gasteiger partial charge < -0.3 is 32.7 Å². The van der Waals surface area contributed by atoms with Crippen molar-refractivity contribution in [3.05, 3.63) is 71.8 Å². The Bertz CT molecular complexity index is 928. The highest BCUT2D eigenvalue weighted by atomic mass is 35.5. The Balaban J connectivity index is 0.000000227. The largest absolute Gasteiger partial charge is 0.399 e. The van der Waals surface area contributed by atoms with Gasteiger partial charge in [0.05, 0.1) is 0 Å². The molecule has 0 radical (unpaired) electrons. The molecule has 176 valence electrons. The van der Waals surface area contributed by atoms with E-state index in [1.54, 1.807) is 0 Å². The highest BCUT2D eigenvalue weighted by Gasteiger charge is 2.14. The van der Waals surface area contributed by atoms with E-state index in [9.17, 15) is 0 Å². The molecule has 0 fully saturated rings. The Hall–Kier alpha value is -3.65. The van der Waals surface area contributed by atoms with Gasteiger partial charge in [-0.3, -0.25) is 10.8 Å². The number of hydrogen-bond donors (Lipinski definition) is 6. The van der Waals surface area contributed by atoms with Crippen molar-refractivity contribution in [1.29, 1.82) is 10.8 Å². The third-order valence-corrected chi connectivity index (χ3v) is 5.66. The molecule has 8 nitrogen and oxygen atoms in total. The number of guanidine groups is 2. The molecular weight excluding hydrogens is 436 g/mol. The summed E-state index contributed by atoms with van der Waals surface area (Å²) in [6, 6.07) is 15.8. The maximum atomic E-state index is 7.35. The molecule has 9 heteroatoms. The highest BCUT2D eigenvalue weighted by Crippen LogP contribution is 2.23. The smallest absolute Gasteiger partial charge is 0.188 e. The molecule has 0 saturated carbocycles. The molecular formula is C24H33ClN8. The van der Waals surface area contributed by atoms with E-state index in [0.717, 1.165) is 50.4 Å². The average Bonchev–Trinajstić information content (AvgIpc) is 2.81. The van der Waals surface area contributed by atoms with Crippen molar-refractivity contribution in [2.75, 3.05) is 37.6 Å². The summed E-state index contributed by atoms with van der Waals surface area (Å²) in [4.78, 5) is 3.70. The van der Waals surface area contributed by atoms with Gasteiger partial charge in [0.15, 0.2) is 11.9 Å². The molecule has 0 bridgehead atoms. The quantitative estimate of drug-likeness (QED) is 0.226. The lowest BCUT2D eigenvalue weighted by Crippen LogP contribution is -2.39. The van der Waals surface area contributed by atoms with Gasteiger partial charge in [-0.15, -0.1) is 12.4 Å². The summed E-state index contributed by atoms with van der Waals surface area (Å²) >= 11 is 0. The van der Waals surface area contributed by atoms with Crippen molar-refractivity contribution in [3.8, 4) is 0 Å². The molecule has 0 saturated heterocycles. The second-order valence-corrected chi connectivity index (χ2v) is 7.87. The molecule has 2 aromatic rings. The van der Waals surface area contributed by atoms with Gasteiger partial charge in [-0.05, 0) is 59.4 Å². The first-order chi connectivity index (χ1) is 15.3. The lowest BCUT2D eigenvalue weighted by molar-refractivity contribution is 0.451. The Morgan fingerprint density at radius 1 is 0.636 bits per heavy atom. The SMILES string of the molecule is Cl.N=C(N)N1CC=C(c2ccc(N)cc2)CC1.N=C(N)N1CC=C(c2ccc(N)cc2)CC1. The predicted octanol–water partition coefficient (Wildman–Crippen LogP) is 2.92. The van der Waals surface area contributed by atoms with E-state index in [-0.39, 0.29) is 24.3 Å². The average molecular weight is 469 g/mol. The number of halogens is 1. The summed E-state index contributed by atoms with van der Waals surface area (Å²) in [5.41, 5.74) is 28.7. The number of nitrogens with zero attached hydrogens (tertiary/aromatic N) is 2. The number of anilines is 2. The van der Waals surface area contributed by atoms with Gasteiger partial charge in [-0.2, -0.15) is 0 Å². The Morgan fingerprint density at radius 2 is 0.970 bits per heavy atom. The zero-order chi connectivity index (χ0) is 23.1. The van der Waals surface area contributed by atoms with Crippen LogP contribution in [-0.4, -0.2) is 47.9 Å². The van der Waals surface area contributed by atoms with E-state index in [4.69, 9.17) is 33.8 Å². The monoisotopic (exact) mass is 468 g/mol. The molecule has 2 aliphatic heterocycles. The highest BCUT2D eigenvalue weighted by molar-refractivity contribution is 5.85. The zero-order valence-corrected chi connectivity index (χ0v) is 19.4. The second kappa shape index (κ2) is 11.8. The standard InChI is InChI=1S/2C12H16N4.ClH/c2*13-11-3-1-9(2-4-11)10-5-7-16(8-6-10)12(14)15;/h2*1-5H,6-8,13H2,(H3,14,15);1H. The van der Waals surface area contributed by atoms with Crippen molar-refractivity contribution in [1.82, 2.24) is 9.80 Å². The fourth-order valence-electron chi connectivity index (χ4n) is 3.69. The Morgan fingerprint density at radius 3 is 1.21 bits per heavy atom. The summed E-state index contributed by atoms with van der Waals surface area (Å²) in [6.07, 6.45) is 6.08. The van der Waals surface area contributed by atoms with E-state index in [0.29, 0.717) is 0 Å². The topological polar surface area (TPSA) is 158 Å². The minimum Gasteiger partial charge on any atom is -0.399 e. The summed E-state index contributed by atoms with van der Waals surface area (Å²) in [7, 11) is 0. The van der Waals surface area contributed by atoms with Gasteiger partial charge in [0.2, 0.25) is 0 Å². The molecule has 0 aromatic heterocycles. The van der Waals surface area contributed by atoms with Crippen molar-refractivity contribution in [2.24, 2.45) is 11.5 Å². The van der Waals surface area contributed by atoms with E-state index in [1.165, 1.54) is 22.3 Å². The van der Waals surface area contributed by atoms with Crippen LogP contribution >= 0.6 is 12.4 Å². The van der Waals surface area contributed by atoms with E-state index < -0.39 is 0 Å². The first kappa shape index (κ1) is 25.6. The summed E-state index contributed by atoms with van der Waals surface area (Å²) in [5, 5.41) is 14.7. The Kier molecular flexibility index (Phi) is 9.18. The molecule has 2 aliphatic rings. The number of hydrogen-bond acceptors (Lipinski definition) is 4. The molecule has 4 rings (SSSR count). The fourth-order valence-corrected chi connectivity index (χ4v) is 3.69. The van der Waals surface area contributed by atoms with Crippen LogP contribution in [0.3, 0.4) is 0 Å². The predicted molar refractivity (Wildman–Crippen MR) is 141 cm³/mol. The number of nitrogens with one attached hydrogen (secondary N) is 2. The van der Waals surface area contributed by atoms with Crippen LogP contribution in [0.25, 0.3) is 11.1 Å². The lowest BCUT2D eigenvalue weighted by Gasteiger charge is -2.26. The lowest BCUT2D eigenvalue weighted by atomic mass is 9.99. The third kappa shape index (κ3) is 7.18. The number of nitrogen functional groups attached to an aromatic ring is 2. The van der Waals surface area contributed by atoms with Crippen LogP contribution in [-0.2, 0) is 0 Å². The summed E-state index contributed by atoms with van der Waals surface area (Å²) in [5.74, 6) is 0.292. The van der Waals surface area contributed by atoms with Gasteiger partial charge >= 0.3 is 0 Å². The van der Waals surface area contributed by atoms with Crippen LogP contribution in [0.15, 0.2) is 60.7 Å². The minimum absolute atomic E-state index is 0. The van der Waals surface area contributed by atoms with Gasteiger partial charge in [0, 0.05) is 37.6 Å². The number of rotatable bonds is 2. The zero-order valence-electron chi connectivity index (χ0n) is 18.6. The van der Waals surface area contributed by atoms with Crippen LogP contribution in [0.5, 0.6) is 0 Å². The van der Waals surface area contributed by atoms with E-state index in [1.807, 2.05) is 58.3 Å². The molecule has 0 amide bonds. The van der Waals surface area contributed by atoms with Crippen molar-refractivity contribution in [2.45, 2.75) is 12.8 Å². The molecule has 0 spiro atoms. The molecule has 0 aliphatic carbocycles. The van der Waals surface area contributed by atoms with Crippen LogP contribution in [0.4, 0.5) is 11.4 Å². The molecule has 2 aromatic carbocycles. The molecule has 10 N–H and O–H groups in total. The fraction of sp³-hybridized carbons (Fsp3) is 0.250. The number of benzene rings is 2. The van der Waals surface area contributed by atoms with Gasteiger partial charge in [-0.1, -0.05) is 36.4 Å². The van der Waals surface area contributed by atoms with Crippen LogP contribution in [0, 0.1) is 10.8 Å². The van der Waals surface area contributed by atoms with Crippen LogP contribution in [0.2, 0.25) is 0 Å². The third-order valence-electron chi connectivity index (χ3n) is 5.66.